The van der Waals surface area contributed by atoms with Crippen LogP contribution in [0.25, 0.3) is 0 Å². The lowest BCUT2D eigenvalue weighted by Crippen LogP contribution is -2.38. The standard InChI is InChI=1S/C12H23NO3/c1-3-15-12(14)11(13)8-16-10-6-4-9(2)5-7-10/h9-11H,3-8,13H2,1-2H3. The molecule has 0 saturated heterocycles. The topological polar surface area (TPSA) is 61.5 Å². The summed E-state index contributed by atoms with van der Waals surface area (Å²) in [5.41, 5.74) is 5.65. The predicted octanol–water partition coefficient (Wildman–Crippen LogP) is 1.47. The Kier molecular flexibility index (Phi) is 5.77. The van der Waals surface area contributed by atoms with Crippen molar-refractivity contribution < 1.29 is 14.3 Å². The van der Waals surface area contributed by atoms with Crippen molar-refractivity contribution in [1.29, 1.82) is 0 Å². The van der Waals surface area contributed by atoms with Crippen molar-refractivity contribution in [3.63, 3.8) is 0 Å². The van der Waals surface area contributed by atoms with E-state index in [0.717, 1.165) is 18.8 Å². The van der Waals surface area contributed by atoms with Gasteiger partial charge in [0, 0.05) is 0 Å². The van der Waals surface area contributed by atoms with Gasteiger partial charge in [-0.3, -0.25) is 4.79 Å². The smallest absolute Gasteiger partial charge is 0.325 e. The zero-order chi connectivity index (χ0) is 12.0. The van der Waals surface area contributed by atoms with Gasteiger partial charge in [-0.1, -0.05) is 6.92 Å². The quantitative estimate of drug-likeness (QED) is 0.725. The lowest BCUT2D eigenvalue weighted by Gasteiger charge is -2.26. The molecule has 0 amide bonds. The highest BCUT2D eigenvalue weighted by Gasteiger charge is 2.21. The van der Waals surface area contributed by atoms with Gasteiger partial charge in [0.15, 0.2) is 0 Å². The van der Waals surface area contributed by atoms with Crippen LogP contribution < -0.4 is 5.73 Å². The van der Waals surface area contributed by atoms with Crippen molar-refractivity contribution in [2.24, 2.45) is 11.7 Å². The SMILES string of the molecule is CCOC(=O)C(N)COC1CCC(C)CC1. The summed E-state index contributed by atoms with van der Waals surface area (Å²) in [5.74, 6) is 0.435. The second kappa shape index (κ2) is 6.86. The molecule has 1 unspecified atom stereocenters. The molecule has 4 nitrogen and oxygen atoms in total. The molecule has 0 aliphatic heterocycles. The van der Waals surface area contributed by atoms with E-state index in [1.807, 2.05) is 0 Å². The molecule has 94 valence electrons. The minimum Gasteiger partial charge on any atom is -0.465 e. The molecule has 0 aromatic rings. The van der Waals surface area contributed by atoms with Crippen molar-refractivity contribution in [3.8, 4) is 0 Å². The molecule has 0 radical (unpaired) electrons. The number of rotatable bonds is 5. The maximum absolute atomic E-state index is 11.2. The molecule has 0 aromatic heterocycles. The van der Waals surface area contributed by atoms with Crippen LogP contribution >= 0.6 is 0 Å². The minimum atomic E-state index is -0.640. The third-order valence-electron chi connectivity index (χ3n) is 3.06. The highest BCUT2D eigenvalue weighted by atomic mass is 16.5. The van der Waals surface area contributed by atoms with E-state index in [9.17, 15) is 4.79 Å². The van der Waals surface area contributed by atoms with E-state index in [0.29, 0.717) is 6.61 Å². The normalized spacial score (nSPS) is 27.4. The summed E-state index contributed by atoms with van der Waals surface area (Å²) in [5, 5.41) is 0. The fraction of sp³-hybridized carbons (Fsp3) is 0.917. The first kappa shape index (κ1) is 13.5. The molecule has 0 spiro atoms. The van der Waals surface area contributed by atoms with Crippen LogP contribution in [-0.4, -0.2) is 31.3 Å². The largest absolute Gasteiger partial charge is 0.465 e. The van der Waals surface area contributed by atoms with Crippen molar-refractivity contribution in [3.05, 3.63) is 0 Å². The Labute approximate surface area is 97.5 Å². The summed E-state index contributed by atoms with van der Waals surface area (Å²) in [7, 11) is 0. The number of hydrogen-bond donors (Lipinski definition) is 1. The van der Waals surface area contributed by atoms with Crippen molar-refractivity contribution >= 4 is 5.97 Å². The van der Waals surface area contributed by atoms with Crippen LogP contribution in [0.4, 0.5) is 0 Å². The number of esters is 1. The molecule has 0 heterocycles. The molecule has 16 heavy (non-hydrogen) atoms. The number of ether oxygens (including phenoxy) is 2. The fourth-order valence-corrected chi connectivity index (χ4v) is 1.95. The summed E-state index contributed by atoms with van der Waals surface area (Å²) >= 11 is 0. The van der Waals surface area contributed by atoms with Crippen LogP contribution in [-0.2, 0) is 14.3 Å². The first-order valence-corrected chi connectivity index (χ1v) is 6.17. The zero-order valence-electron chi connectivity index (χ0n) is 10.3. The number of carbonyl (C=O) groups is 1. The van der Waals surface area contributed by atoms with Gasteiger partial charge in [-0.2, -0.15) is 0 Å². The van der Waals surface area contributed by atoms with Crippen LogP contribution in [0, 0.1) is 5.92 Å². The highest BCUT2D eigenvalue weighted by molar-refractivity contribution is 5.75. The first-order chi connectivity index (χ1) is 7.63. The van der Waals surface area contributed by atoms with Crippen LogP contribution in [0.1, 0.15) is 39.5 Å². The molecular formula is C12H23NO3. The van der Waals surface area contributed by atoms with Crippen LogP contribution in [0.3, 0.4) is 0 Å². The Morgan fingerprint density at radius 1 is 1.38 bits per heavy atom. The van der Waals surface area contributed by atoms with Gasteiger partial charge in [0.05, 0.1) is 19.3 Å². The van der Waals surface area contributed by atoms with E-state index >= 15 is 0 Å². The second-order valence-corrected chi connectivity index (χ2v) is 4.57. The minimum absolute atomic E-state index is 0.275. The van der Waals surface area contributed by atoms with Crippen LogP contribution in [0.15, 0.2) is 0 Å². The Morgan fingerprint density at radius 2 is 2.00 bits per heavy atom. The third-order valence-corrected chi connectivity index (χ3v) is 3.06. The number of carbonyl (C=O) groups excluding carboxylic acids is 1. The van der Waals surface area contributed by atoms with Gasteiger partial charge in [-0.05, 0) is 38.5 Å². The van der Waals surface area contributed by atoms with Gasteiger partial charge >= 0.3 is 5.97 Å². The van der Waals surface area contributed by atoms with Gasteiger partial charge < -0.3 is 15.2 Å². The Morgan fingerprint density at radius 3 is 2.56 bits per heavy atom. The van der Waals surface area contributed by atoms with E-state index in [1.54, 1.807) is 6.92 Å². The average Bonchev–Trinajstić information content (AvgIpc) is 2.28. The Bertz CT molecular complexity index is 212. The summed E-state index contributed by atoms with van der Waals surface area (Å²) in [6.45, 7) is 4.68. The molecule has 0 bridgehead atoms. The van der Waals surface area contributed by atoms with Crippen LogP contribution in [0.5, 0.6) is 0 Å². The predicted molar refractivity (Wildman–Crippen MR) is 62.0 cm³/mol. The van der Waals surface area contributed by atoms with Crippen molar-refractivity contribution in [2.45, 2.75) is 51.7 Å². The Balaban J connectivity index is 2.16. The summed E-state index contributed by atoms with van der Waals surface area (Å²) in [6.07, 6.45) is 4.85. The van der Waals surface area contributed by atoms with E-state index in [-0.39, 0.29) is 18.7 Å². The average molecular weight is 229 g/mol. The number of nitrogens with two attached hydrogens (primary N) is 1. The molecule has 1 aliphatic carbocycles. The maximum atomic E-state index is 11.2. The van der Waals surface area contributed by atoms with Gasteiger partial charge in [0.2, 0.25) is 0 Å². The molecule has 2 N–H and O–H groups in total. The molecule has 1 aliphatic rings. The molecule has 1 atom stereocenters. The molecule has 1 saturated carbocycles. The van der Waals surface area contributed by atoms with Gasteiger partial charge in [0.25, 0.3) is 0 Å². The number of hydrogen-bond acceptors (Lipinski definition) is 4. The second-order valence-electron chi connectivity index (χ2n) is 4.57. The lowest BCUT2D eigenvalue weighted by molar-refractivity contribution is -0.147. The molecular weight excluding hydrogens is 206 g/mol. The lowest BCUT2D eigenvalue weighted by atomic mass is 9.89. The Hall–Kier alpha value is -0.610. The maximum Gasteiger partial charge on any atom is 0.325 e. The fourth-order valence-electron chi connectivity index (χ4n) is 1.95. The van der Waals surface area contributed by atoms with Gasteiger partial charge in [0.1, 0.15) is 6.04 Å². The zero-order valence-corrected chi connectivity index (χ0v) is 10.3. The van der Waals surface area contributed by atoms with Gasteiger partial charge in [-0.25, -0.2) is 0 Å². The summed E-state index contributed by atoms with van der Waals surface area (Å²) in [4.78, 5) is 11.2. The van der Waals surface area contributed by atoms with E-state index in [1.165, 1.54) is 12.8 Å². The summed E-state index contributed by atoms with van der Waals surface area (Å²) in [6, 6.07) is -0.640. The van der Waals surface area contributed by atoms with E-state index < -0.39 is 6.04 Å². The third kappa shape index (κ3) is 4.49. The summed E-state index contributed by atoms with van der Waals surface area (Å²) < 4.78 is 10.5. The van der Waals surface area contributed by atoms with Gasteiger partial charge in [-0.15, -0.1) is 0 Å². The highest BCUT2D eigenvalue weighted by Crippen LogP contribution is 2.25. The van der Waals surface area contributed by atoms with E-state index in [2.05, 4.69) is 6.92 Å². The van der Waals surface area contributed by atoms with Crippen LogP contribution in [0.2, 0.25) is 0 Å². The molecule has 1 fully saturated rings. The molecule has 4 heteroatoms. The van der Waals surface area contributed by atoms with E-state index in [4.69, 9.17) is 15.2 Å². The van der Waals surface area contributed by atoms with Crippen molar-refractivity contribution in [2.75, 3.05) is 13.2 Å². The monoisotopic (exact) mass is 229 g/mol. The first-order valence-electron chi connectivity index (χ1n) is 6.17. The molecule has 1 rings (SSSR count). The van der Waals surface area contributed by atoms with Crippen molar-refractivity contribution in [1.82, 2.24) is 0 Å². The molecule has 0 aromatic carbocycles.